The van der Waals surface area contributed by atoms with Crippen molar-refractivity contribution < 1.29 is 19.5 Å². The molecule has 0 spiro atoms. The van der Waals surface area contributed by atoms with Crippen molar-refractivity contribution in [2.24, 2.45) is 5.92 Å². The lowest BCUT2D eigenvalue weighted by Gasteiger charge is -2.12. The molecule has 1 amide bonds. The van der Waals surface area contributed by atoms with Gasteiger partial charge in [-0.1, -0.05) is 29.8 Å². The lowest BCUT2D eigenvalue weighted by molar-refractivity contribution is -0.141. The van der Waals surface area contributed by atoms with Crippen LogP contribution in [0.3, 0.4) is 0 Å². The Labute approximate surface area is 132 Å². The molecule has 1 atom stereocenters. The summed E-state index contributed by atoms with van der Waals surface area (Å²) < 4.78 is 0. The highest BCUT2D eigenvalue weighted by Crippen LogP contribution is 2.43. The summed E-state index contributed by atoms with van der Waals surface area (Å²) in [4.78, 5) is 37.8. The van der Waals surface area contributed by atoms with Gasteiger partial charge in [0.15, 0.2) is 5.78 Å². The van der Waals surface area contributed by atoms with E-state index >= 15 is 0 Å². The average molecular weight is 317 g/mol. The number of ketones is 1. The minimum Gasteiger partial charge on any atom is -0.481 e. The molecule has 114 valence electrons. The Kier molecular flexibility index (Phi) is 3.78. The Morgan fingerprint density at radius 2 is 2.00 bits per heavy atom. The van der Waals surface area contributed by atoms with Crippen molar-refractivity contribution in [3.63, 3.8) is 0 Å². The van der Waals surface area contributed by atoms with E-state index in [9.17, 15) is 14.4 Å². The van der Waals surface area contributed by atoms with Gasteiger partial charge in [-0.2, -0.15) is 0 Å². The molecule has 0 aromatic heterocycles. The summed E-state index contributed by atoms with van der Waals surface area (Å²) in [6.07, 6.45) is -0.341. The number of aliphatic carboxylic acids is 1. The number of carboxylic acid groups (broad SMARTS) is 1. The number of benzene rings is 1. The maximum Gasteiger partial charge on any atom is 0.304 e. The summed E-state index contributed by atoms with van der Waals surface area (Å²) in [5, 5.41) is 9.69. The van der Waals surface area contributed by atoms with E-state index in [0.717, 1.165) is 11.3 Å². The van der Waals surface area contributed by atoms with Crippen molar-refractivity contribution in [3.05, 3.63) is 46.0 Å². The number of aryl methyl sites for hydroxylation is 1. The number of hydrogen-bond donors (Lipinski definition) is 1. The molecule has 22 heavy (non-hydrogen) atoms. The van der Waals surface area contributed by atoms with Gasteiger partial charge in [0.2, 0.25) is 5.91 Å². The third-order valence-corrected chi connectivity index (χ3v) is 4.98. The molecule has 0 saturated carbocycles. The van der Waals surface area contributed by atoms with Gasteiger partial charge in [-0.05, 0) is 6.92 Å². The Morgan fingerprint density at radius 3 is 2.64 bits per heavy atom. The molecule has 1 aromatic rings. The molecule has 2 aliphatic rings. The number of rotatable bonds is 4. The van der Waals surface area contributed by atoms with Gasteiger partial charge in [0.25, 0.3) is 0 Å². The molecular weight excluding hydrogens is 302 g/mol. The van der Waals surface area contributed by atoms with Gasteiger partial charge in [-0.15, -0.1) is 11.8 Å². The first-order chi connectivity index (χ1) is 10.5. The van der Waals surface area contributed by atoms with E-state index in [1.165, 1.54) is 11.8 Å². The van der Waals surface area contributed by atoms with E-state index < -0.39 is 11.9 Å². The van der Waals surface area contributed by atoms with E-state index in [-0.39, 0.29) is 18.1 Å². The van der Waals surface area contributed by atoms with Crippen molar-refractivity contribution in [2.75, 3.05) is 12.3 Å². The second-order valence-corrected chi connectivity index (χ2v) is 6.49. The van der Waals surface area contributed by atoms with E-state index in [1.807, 2.05) is 19.1 Å². The van der Waals surface area contributed by atoms with Crippen LogP contribution in [0.4, 0.5) is 0 Å². The minimum absolute atomic E-state index is 0.244. The number of thioether (sulfide) groups is 1. The molecule has 1 saturated heterocycles. The molecule has 2 aliphatic heterocycles. The topological polar surface area (TPSA) is 74.7 Å². The SMILES string of the molecule is Cc1ccc(C(=O)C2=C3SCCN3C(=O)C2CC(=O)O)cc1. The maximum atomic E-state index is 12.8. The first-order valence-corrected chi connectivity index (χ1v) is 7.99. The summed E-state index contributed by atoms with van der Waals surface area (Å²) in [6, 6.07) is 7.10. The molecule has 0 bridgehead atoms. The zero-order valence-electron chi connectivity index (χ0n) is 12.0. The number of nitrogens with zero attached hydrogens (tertiary/aromatic N) is 1. The smallest absolute Gasteiger partial charge is 0.304 e. The van der Waals surface area contributed by atoms with Crippen molar-refractivity contribution >= 4 is 29.4 Å². The molecule has 0 radical (unpaired) electrons. The molecule has 0 aliphatic carbocycles. The molecule has 2 heterocycles. The predicted octanol–water partition coefficient (Wildman–Crippen LogP) is 2.07. The highest BCUT2D eigenvalue weighted by atomic mass is 32.2. The summed E-state index contributed by atoms with van der Waals surface area (Å²) in [7, 11) is 0. The molecule has 5 nitrogen and oxygen atoms in total. The first-order valence-electron chi connectivity index (χ1n) is 7.00. The zero-order valence-corrected chi connectivity index (χ0v) is 12.9. The molecule has 3 rings (SSSR count). The van der Waals surface area contributed by atoms with Crippen LogP contribution in [0, 0.1) is 12.8 Å². The second kappa shape index (κ2) is 5.61. The predicted molar refractivity (Wildman–Crippen MR) is 82.4 cm³/mol. The van der Waals surface area contributed by atoms with Gasteiger partial charge in [0.1, 0.15) is 0 Å². The highest BCUT2D eigenvalue weighted by molar-refractivity contribution is 8.03. The highest BCUT2D eigenvalue weighted by Gasteiger charge is 2.45. The standard InChI is InChI=1S/C16H15NO4S/c1-9-2-4-10(5-3-9)14(20)13-11(8-12(18)19)15(21)17-6-7-22-16(13)17/h2-5,11H,6-8H2,1H3,(H,18,19). The van der Waals surface area contributed by atoms with Crippen LogP contribution in [0.15, 0.2) is 34.9 Å². The molecule has 1 unspecified atom stereocenters. The summed E-state index contributed by atoms with van der Waals surface area (Å²) in [5.74, 6) is -1.70. The van der Waals surface area contributed by atoms with Crippen LogP contribution in [0.1, 0.15) is 22.3 Å². The summed E-state index contributed by atoms with van der Waals surface area (Å²) in [5.41, 5.74) is 1.88. The van der Waals surface area contributed by atoms with Crippen LogP contribution in [0.2, 0.25) is 0 Å². The van der Waals surface area contributed by atoms with Crippen molar-refractivity contribution in [3.8, 4) is 0 Å². The Hall–Kier alpha value is -2.08. The quantitative estimate of drug-likeness (QED) is 0.861. The van der Waals surface area contributed by atoms with Gasteiger partial charge in [-0.3, -0.25) is 14.4 Å². The Morgan fingerprint density at radius 1 is 1.32 bits per heavy atom. The monoisotopic (exact) mass is 317 g/mol. The van der Waals surface area contributed by atoms with Crippen molar-refractivity contribution in [1.29, 1.82) is 0 Å². The van der Waals surface area contributed by atoms with Crippen LogP contribution < -0.4 is 0 Å². The van der Waals surface area contributed by atoms with Gasteiger partial charge in [0.05, 0.1) is 17.4 Å². The fourth-order valence-corrected chi connectivity index (χ4v) is 3.98. The Bertz CT molecular complexity index is 693. The van der Waals surface area contributed by atoms with Gasteiger partial charge in [0, 0.05) is 23.4 Å². The summed E-state index contributed by atoms with van der Waals surface area (Å²) in [6.45, 7) is 2.47. The van der Waals surface area contributed by atoms with Crippen LogP contribution in [0.5, 0.6) is 0 Å². The number of fused-ring (bicyclic) bond motifs is 1. The largest absolute Gasteiger partial charge is 0.481 e. The number of carboxylic acids is 1. The van der Waals surface area contributed by atoms with E-state index in [0.29, 0.717) is 22.7 Å². The molecule has 1 aromatic carbocycles. The number of carbonyl (C=O) groups is 3. The van der Waals surface area contributed by atoms with Crippen LogP contribution in [-0.2, 0) is 9.59 Å². The van der Waals surface area contributed by atoms with Crippen LogP contribution in [-0.4, -0.2) is 40.0 Å². The lowest BCUT2D eigenvalue weighted by Crippen LogP contribution is -2.29. The lowest BCUT2D eigenvalue weighted by atomic mass is 9.91. The van der Waals surface area contributed by atoms with Crippen LogP contribution in [0.25, 0.3) is 0 Å². The molecule has 1 fully saturated rings. The Balaban J connectivity index is 2.02. The first kappa shape index (κ1) is 14.8. The van der Waals surface area contributed by atoms with Gasteiger partial charge in [-0.25, -0.2) is 0 Å². The molecular formula is C16H15NO4S. The van der Waals surface area contributed by atoms with E-state index in [2.05, 4.69) is 0 Å². The fraction of sp³-hybridized carbons (Fsp3) is 0.312. The van der Waals surface area contributed by atoms with Crippen molar-refractivity contribution in [1.82, 2.24) is 4.90 Å². The third-order valence-electron chi connectivity index (χ3n) is 3.88. The number of Topliss-reactive ketones (excluding diaryl/α,β-unsaturated/α-hetero) is 1. The van der Waals surface area contributed by atoms with E-state index in [4.69, 9.17) is 5.11 Å². The average Bonchev–Trinajstić information content (AvgIpc) is 3.03. The maximum absolute atomic E-state index is 12.8. The summed E-state index contributed by atoms with van der Waals surface area (Å²) >= 11 is 1.45. The second-order valence-electron chi connectivity index (χ2n) is 5.40. The minimum atomic E-state index is -1.07. The normalized spacial score (nSPS) is 20.5. The van der Waals surface area contributed by atoms with E-state index in [1.54, 1.807) is 17.0 Å². The third kappa shape index (κ3) is 2.43. The number of hydrogen-bond acceptors (Lipinski definition) is 4. The molecule has 6 heteroatoms. The van der Waals surface area contributed by atoms with Crippen molar-refractivity contribution in [2.45, 2.75) is 13.3 Å². The fourth-order valence-electron chi connectivity index (χ4n) is 2.79. The van der Waals surface area contributed by atoms with Gasteiger partial charge >= 0.3 is 5.97 Å². The zero-order chi connectivity index (χ0) is 15.9. The van der Waals surface area contributed by atoms with Gasteiger partial charge < -0.3 is 10.0 Å². The molecule has 1 N–H and O–H groups in total. The number of carbonyl (C=O) groups excluding carboxylic acids is 2. The number of amides is 1. The van der Waals surface area contributed by atoms with Crippen LogP contribution >= 0.6 is 11.8 Å².